The van der Waals surface area contributed by atoms with Gasteiger partial charge in [-0.1, -0.05) is 58.0 Å². The van der Waals surface area contributed by atoms with Crippen LogP contribution in [0.5, 0.6) is 0 Å². The molecule has 1 fully saturated rings. The number of carbonyl (C=O) groups excluding carboxylic acids is 1. The first kappa shape index (κ1) is 14.1. The Hall–Kier alpha value is -1.35. The van der Waals surface area contributed by atoms with Crippen molar-refractivity contribution in [2.75, 3.05) is 0 Å². The number of nitrogens with one attached hydrogen (secondary N) is 1. The molecule has 0 aliphatic heterocycles. The summed E-state index contributed by atoms with van der Waals surface area (Å²) in [6.07, 6.45) is 0.429. The maximum Gasteiger partial charge on any atom is 0.224 e. The minimum atomic E-state index is -0.0458. The van der Waals surface area contributed by atoms with Crippen LogP contribution in [0, 0.1) is 10.8 Å². The Bertz CT molecular complexity index is 449. The second-order valence-corrected chi connectivity index (χ2v) is 6.78. The minimum Gasteiger partial charge on any atom is -0.352 e. The van der Waals surface area contributed by atoms with E-state index in [0.29, 0.717) is 6.42 Å². The lowest BCUT2D eigenvalue weighted by molar-refractivity contribution is -0.131. The summed E-state index contributed by atoms with van der Waals surface area (Å²) in [5.41, 5.74) is 7.15. The molecule has 0 atom stereocenters. The maximum absolute atomic E-state index is 12.1. The van der Waals surface area contributed by atoms with Crippen LogP contribution in [0.1, 0.15) is 33.3 Å². The van der Waals surface area contributed by atoms with Crippen LogP contribution in [-0.4, -0.2) is 18.0 Å². The van der Waals surface area contributed by atoms with Crippen LogP contribution in [0.25, 0.3) is 0 Å². The fraction of sp³-hybridized carbons (Fsp3) is 0.562. The molecule has 0 heterocycles. The molecule has 1 amide bonds. The Morgan fingerprint density at radius 1 is 1.16 bits per heavy atom. The van der Waals surface area contributed by atoms with Gasteiger partial charge in [-0.25, -0.2) is 0 Å². The summed E-state index contributed by atoms with van der Waals surface area (Å²) < 4.78 is 0. The van der Waals surface area contributed by atoms with E-state index in [9.17, 15) is 4.79 Å². The van der Waals surface area contributed by atoms with Gasteiger partial charge in [0.05, 0.1) is 6.42 Å². The molecule has 1 aromatic rings. The highest BCUT2D eigenvalue weighted by molar-refractivity contribution is 5.79. The molecule has 2 rings (SSSR count). The third-order valence-electron chi connectivity index (χ3n) is 4.60. The minimum absolute atomic E-state index is 0.0458. The van der Waals surface area contributed by atoms with E-state index in [0.717, 1.165) is 5.56 Å². The van der Waals surface area contributed by atoms with E-state index in [1.807, 2.05) is 30.3 Å². The molecule has 19 heavy (non-hydrogen) atoms. The molecule has 0 aromatic heterocycles. The van der Waals surface area contributed by atoms with Crippen molar-refractivity contribution in [1.29, 1.82) is 0 Å². The Kier molecular flexibility index (Phi) is 3.43. The van der Waals surface area contributed by atoms with Gasteiger partial charge in [-0.15, -0.1) is 0 Å². The second kappa shape index (κ2) is 4.64. The van der Waals surface area contributed by atoms with Crippen molar-refractivity contribution in [2.24, 2.45) is 16.6 Å². The molecule has 3 heteroatoms. The molecule has 0 bridgehead atoms. The molecule has 1 saturated carbocycles. The first-order chi connectivity index (χ1) is 8.76. The fourth-order valence-electron chi connectivity index (χ4n) is 3.55. The third kappa shape index (κ3) is 2.39. The van der Waals surface area contributed by atoms with Crippen LogP contribution in [0.3, 0.4) is 0 Å². The first-order valence-corrected chi connectivity index (χ1v) is 6.85. The highest BCUT2D eigenvalue weighted by Crippen LogP contribution is 2.52. The molecule has 0 saturated heterocycles. The largest absolute Gasteiger partial charge is 0.352 e. The van der Waals surface area contributed by atoms with Gasteiger partial charge in [-0.2, -0.15) is 0 Å². The van der Waals surface area contributed by atoms with Gasteiger partial charge in [0.15, 0.2) is 0 Å². The van der Waals surface area contributed by atoms with E-state index >= 15 is 0 Å². The van der Waals surface area contributed by atoms with E-state index in [4.69, 9.17) is 5.73 Å². The zero-order valence-electron chi connectivity index (χ0n) is 12.2. The lowest BCUT2D eigenvalue weighted by Crippen LogP contribution is -2.76. The summed E-state index contributed by atoms with van der Waals surface area (Å²) in [5.74, 6) is 0.0734. The molecular weight excluding hydrogens is 236 g/mol. The second-order valence-electron chi connectivity index (χ2n) is 6.78. The predicted octanol–water partition coefficient (Wildman–Crippen LogP) is 2.11. The summed E-state index contributed by atoms with van der Waals surface area (Å²) in [6.45, 7) is 8.49. The van der Waals surface area contributed by atoms with Crippen LogP contribution >= 0.6 is 0 Å². The van der Waals surface area contributed by atoms with E-state index in [1.54, 1.807) is 0 Å². The van der Waals surface area contributed by atoms with Gasteiger partial charge in [0.25, 0.3) is 0 Å². The molecule has 0 unspecified atom stereocenters. The molecule has 1 aromatic carbocycles. The summed E-state index contributed by atoms with van der Waals surface area (Å²) in [5, 5.41) is 3.16. The summed E-state index contributed by atoms with van der Waals surface area (Å²) in [6, 6.07) is 10.1. The van der Waals surface area contributed by atoms with Crippen LogP contribution in [-0.2, 0) is 11.2 Å². The SMILES string of the molecule is CC1(C)C(N)C(C)(C)C1NC(=O)Cc1ccccc1. The van der Waals surface area contributed by atoms with E-state index in [-0.39, 0.29) is 28.8 Å². The van der Waals surface area contributed by atoms with Crippen molar-refractivity contribution in [1.82, 2.24) is 5.32 Å². The quantitative estimate of drug-likeness (QED) is 0.874. The first-order valence-electron chi connectivity index (χ1n) is 6.85. The Balaban J connectivity index is 2.00. The van der Waals surface area contributed by atoms with E-state index in [2.05, 4.69) is 33.0 Å². The molecule has 1 aliphatic carbocycles. The number of benzene rings is 1. The monoisotopic (exact) mass is 260 g/mol. The standard InChI is InChI=1S/C16H24N2O/c1-15(2)13(17)16(3,4)14(15)18-12(19)10-11-8-6-5-7-9-11/h5-9,13-14H,10,17H2,1-4H3,(H,18,19). The van der Waals surface area contributed by atoms with E-state index in [1.165, 1.54) is 0 Å². The molecule has 0 radical (unpaired) electrons. The van der Waals surface area contributed by atoms with Crippen LogP contribution in [0.15, 0.2) is 30.3 Å². The van der Waals surface area contributed by atoms with Gasteiger partial charge >= 0.3 is 0 Å². The van der Waals surface area contributed by atoms with Crippen molar-refractivity contribution in [2.45, 2.75) is 46.2 Å². The highest BCUT2D eigenvalue weighted by atomic mass is 16.1. The van der Waals surface area contributed by atoms with Gasteiger partial charge in [0.2, 0.25) is 5.91 Å². The fourth-order valence-corrected chi connectivity index (χ4v) is 3.55. The molecule has 1 aliphatic rings. The summed E-state index contributed by atoms with van der Waals surface area (Å²) in [4.78, 5) is 12.1. The Morgan fingerprint density at radius 3 is 2.21 bits per heavy atom. The van der Waals surface area contributed by atoms with Crippen molar-refractivity contribution < 1.29 is 4.79 Å². The van der Waals surface area contributed by atoms with Crippen LogP contribution in [0.2, 0.25) is 0 Å². The highest BCUT2D eigenvalue weighted by Gasteiger charge is 2.60. The number of rotatable bonds is 3. The van der Waals surface area contributed by atoms with Gasteiger partial charge in [0, 0.05) is 22.9 Å². The van der Waals surface area contributed by atoms with E-state index < -0.39 is 0 Å². The summed E-state index contributed by atoms with van der Waals surface area (Å²) >= 11 is 0. The molecule has 3 N–H and O–H groups in total. The number of hydrogen-bond donors (Lipinski definition) is 2. The summed E-state index contributed by atoms with van der Waals surface area (Å²) in [7, 11) is 0. The van der Waals surface area contributed by atoms with Gasteiger partial charge in [-0.3, -0.25) is 4.79 Å². The number of amides is 1. The zero-order valence-corrected chi connectivity index (χ0v) is 12.2. The molecular formula is C16H24N2O. The van der Waals surface area contributed by atoms with Gasteiger partial charge in [0.1, 0.15) is 0 Å². The van der Waals surface area contributed by atoms with Gasteiger partial charge in [-0.05, 0) is 5.56 Å². The van der Waals surface area contributed by atoms with Crippen molar-refractivity contribution in [3.63, 3.8) is 0 Å². The van der Waals surface area contributed by atoms with Crippen LogP contribution < -0.4 is 11.1 Å². The Labute approximate surface area is 115 Å². The predicted molar refractivity (Wildman–Crippen MR) is 77.6 cm³/mol. The topological polar surface area (TPSA) is 55.1 Å². The normalized spacial score (nSPS) is 27.4. The molecule has 3 nitrogen and oxygen atoms in total. The number of nitrogens with two attached hydrogens (primary N) is 1. The lowest BCUT2D eigenvalue weighted by Gasteiger charge is -2.62. The molecule has 0 spiro atoms. The smallest absolute Gasteiger partial charge is 0.224 e. The lowest BCUT2D eigenvalue weighted by atomic mass is 9.48. The van der Waals surface area contributed by atoms with Crippen molar-refractivity contribution >= 4 is 5.91 Å². The van der Waals surface area contributed by atoms with Gasteiger partial charge < -0.3 is 11.1 Å². The van der Waals surface area contributed by atoms with Crippen LogP contribution in [0.4, 0.5) is 0 Å². The van der Waals surface area contributed by atoms with Crippen molar-refractivity contribution in [3.8, 4) is 0 Å². The number of carbonyl (C=O) groups is 1. The number of hydrogen-bond acceptors (Lipinski definition) is 2. The van der Waals surface area contributed by atoms with Crippen molar-refractivity contribution in [3.05, 3.63) is 35.9 Å². The Morgan fingerprint density at radius 2 is 1.68 bits per heavy atom. The average molecular weight is 260 g/mol. The molecule has 104 valence electrons. The third-order valence-corrected chi connectivity index (χ3v) is 4.60. The maximum atomic E-state index is 12.1. The average Bonchev–Trinajstić information content (AvgIpc) is 2.36. The zero-order chi connectivity index (χ0) is 14.3.